The van der Waals surface area contributed by atoms with Crippen molar-refractivity contribution in [3.05, 3.63) is 198 Å². The Hall–Kier alpha value is -7.69. The van der Waals surface area contributed by atoms with Crippen LogP contribution in [0.4, 0.5) is 0 Å². The lowest BCUT2D eigenvalue weighted by Gasteiger charge is -2.22. The van der Waals surface area contributed by atoms with Gasteiger partial charge in [0, 0.05) is 43.9 Å². The second-order valence-corrected chi connectivity index (χ2v) is 18.3. The fourth-order valence-electron chi connectivity index (χ4n) is 10.9. The first-order valence-corrected chi connectivity index (χ1v) is 21.9. The molecule has 63 heavy (non-hydrogen) atoms. The summed E-state index contributed by atoms with van der Waals surface area (Å²) < 4.78 is 6.90. The number of aromatic nitrogens is 3. The Morgan fingerprint density at radius 3 is 1.76 bits per heavy atom. The van der Waals surface area contributed by atoms with Crippen LogP contribution in [0.25, 0.3) is 111 Å². The third-order valence-electron chi connectivity index (χ3n) is 14.1. The molecule has 0 fully saturated rings. The van der Waals surface area contributed by atoms with Gasteiger partial charge in [-0.15, -0.1) is 0 Å². The normalized spacial score (nSPS) is 14.3. The fourth-order valence-corrected chi connectivity index (χ4v) is 10.9. The molecule has 0 saturated carbocycles. The van der Waals surface area contributed by atoms with Gasteiger partial charge in [-0.25, -0.2) is 15.0 Å². The lowest BCUT2D eigenvalue weighted by molar-refractivity contribution is 0.653. The highest BCUT2D eigenvalue weighted by atomic mass is 16.3. The van der Waals surface area contributed by atoms with Crippen molar-refractivity contribution in [1.29, 1.82) is 0 Å². The van der Waals surface area contributed by atoms with E-state index in [0.717, 1.165) is 55.3 Å². The Balaban J connectivity index is 1.09. The van der Waals surface area contributed by atoms with Gasteiger partial charge in [-0.05, 0) is 102 Å². The van der Waals surface area contributed by atoms with Gasteiger partial charge in [0.2, 0.25) is 0 Å². The molecule has 0 bridgehead atoms. The Morgan fingerprint density at radius 2 is 0.952 bits per heavy atom. The molecule has 13 rings (SSSR count). The topological polar surface area (TPSA) is 51.8 Å². The van der Waals surface area contributed by atoms with Crippen LogP contribution >= 0.6 is 0 Å². The molecule has 2 heterocycles. The second kappa shape index (κ2) is 12.9. The summed E-state index contributed by atoms with van der Waals surface area (Å²) in [6.07, 6.45) is 0. The van der Waals surface area contributed by atoms with Crippen molar-refractivity contribution >= 4 is 43.5 Å². The quantitative estimate of drug-likeness (QED) is 0.166. The van der Waals surface area contributed by atoms with Crippen LogP contribution < -0.4 is 0 Å². The average Bonchev–Trinajstić information content (AvgIpc) is 3.90. The molecule has 11 aromatic rings. The summed E-state index contributed by atoms with van der Waals surface area (Å²) in [5.41, 5.74) is 16.5. The molecule has 2 aromatic heterocycles. The monoisotopic (exact) mass is 807 g/mol. The molecule has 2 aliphatic rings. The minimum Gasteiger partial charge on any atom is -0.455 e. The summed E-state index contributed by atoms with van der Waals surface area (Å²) in [4.78, 5) is 16.4. The van der Waals surface area contributed by atoms with Crippen LogP contribution in [0.2, 0.25) is 0 Å². The number of fused-ring (bicyclic) bond motifs is 13. The highest BCUT2D eigenvalue weighted by Gasteiger charge is 2.39. The van der Waals surface area contributed by atoms with Crippen LogP contribution in [0.5, 0.6) is 0 Å². The number of para-hydroxylation sites is 1. The number of hydrogen-bond donors (Lipinski definition) is 0. The van der Waals surface area contributed by atoms with E-state index in [1.165, 1.54) is 60.5 Å². The fraction of sp³-hybridized carbons (Fsp3) is 0.102. The summed E-state index contributed by atoms with van der Waals surface area (Å²) >= 11 is 0. The van der Waals surface area contributed by atoms with E-state index in [9.17, 15) is 0 Å². The number of nitrogens with zero attached hydrogens (tertiary/aromatic N) is 3. The Bertz CT molecular complexity index is 3740. The maximum Gasteiger partial charge on any atom is 0.164 e. The van der Waals surface area contributed by atoms with Gasteiger partial charge >= 0.3 is 0 Å². The maximum atomic E-state index is 6.90. The standard InChI is InChI=1S/C59H41N3O/c1-58(2)47-23-13-10-19-39(47)45-30-36-28-26-35-27-29-37(31-43(35)44(36)32-49(45)58)55-60-56(40-20-9-8-18-38(40)34-16-6-5-7-17-34)62-57(61-55)46-33-50-53(41-21-11-14-24-48(41)59(50,3)4)54-52(46)42-22-12-15-25-51(42)63-54/h5-33H,1-4H3. The Morgan fingerprint density at radius 1 is 0.365 bits per heavy atom. The Kier molecular flexibility index (Phi) is 7.38. The van der Waals surface area contributed by atoms with E-state index in [2.05, 4.69) is 198 Å². The molecule has 2 aliphatic carbocycles. The van der Waals surface area contributed by atoms with Gasteiger partial charge in [0.25, 0.3) is 0 Å². The smallest absolute Gasteiger partial charge is 0.164 e. The first kappa shape index (κ1) is 36.0. The predicted molar refractivity (Wildman–Crippen MR) is 259 cm³/mol. The van der Waals surface area contributed by atoms with Crippen molar-refractivity contribution in [2.24, 2.45) is 0 Å². The van der Waals surface area contributed by atoms with Gasteiger partial charge in [-0.1, -0.05) is 173 Å². The molecule has 4 heteroatoms. The zero-order chi connectivity index (χ0) is 42.2. The summed E-state index contributed by atoms with van der Waals surface area (Å²) in [6, 6.07) is 63.2. The number of rotatable bonds is 4. The molecule has 9 aromatic carbocycles. The van der Waals surface area contributed by atoms with E-state index >= 15 is 0 Å². The molecule has 4 nitrogen and oxygen atoms in total. The molecule has 0 N–H and O–H groups in total. The van der Waals surface area contributed by atoms with E-state index in [4.69, 9.17) is 19.4 Å². The molecule has 0 unspecified atom stereocenters. The minimum absolute atomic E-state index is 0.113. The second-order valence-electron chi connectivity index (χ2n) is 18.3. The summed E-state index contributed by atoms with van der Waals surface area (Å²) in [7, 11) is 0. The van der Waals surface area contributed by atoms with E-state index < -0.39 is 0 Å². The summed E-state index contributed by atoms with van der Waals surface area (Å²) in [6.45, 7) is 9.32. The van der Waals surface area contributed by atoms with Crippen LogP contribution in [0.15, 0.2) is 180 Å². The maximum absolute atomic E-state index is 6.90. The predicted octanol–water partition coefficient (Wildman–Crippen LogP) is 15.4. The van der Waals surface area contributed by atoms with Crippen molar-refractivity contribution in [2.45, 2.75) is 38.5 Å². The van der Waals surface area contributed by atoms with Crippen molar-refractivity contribution in [2.75, 3.05) is 0 Å². The summed E-state index contributed by atoms with van der Waals surface area (Å²) in [5, 5.41) is 6.85. The molecule has 0 aliphatic heterocycles. The van der Waals surface area contributed by atoms with E-state index in [1.807, 2.05) is 6.07 Å². The van der Waals surface area contributed by atoms with Crippen molar-refractivity contribution < 1.29 is 4.42 Å². The molecular formula is C59H41N3O. The SMILES string of the molecule is CC1(C)c2ccccc2-c2cc3ccc4ccc(-c5nc(-c6ccccc6-c6ccccc6)nc(-c6cc7c(c8oc9ccccc9c68)-c6ccccc6C7(C)C)n5)cc4c3cc21. The van der Waals surface area contributed by atoms with Crippen molar-refractivity contribution in [3.63, 3.8) is 0 Å². The van der Waals surface area contributed by atoms with Gasteiger partial charge < -0.3 is 4.42 Å². The van der Waals surface area contributed by atoms with Crippen LogP contribution in [-0.2, 0) is 10.8 Å². The van der Waals surface area contributed by atoms with E-state index in [1.54, 1.807) is 0 Å². The molecule has 0 amide bonds. The lowest BCUT2D eigenvalue weighted by atomic mass is 9.81. The van der Waals surface area contributed by atoms with Crippen LogP contribution in [0.1, 0.15) is 49.9 Å². The van der Waals surface area contributed by atoms with Gasteiger partial charge in [0.15, 0.2) is 17.5 Å². The molecule has 298 valence electrons. The van der Waals surface area contributed by atoms with Gasteiger partial charge in [-0.2, -0.15) is 0 Å². The zero-order valence-electron chi connectivity index (χ0n) is 35.5. The van der Waals surface area contributed by atoms with Crippen LogP contribution in [-0.4, -0.2) is 15.0 Å². The van der Waals surface area contributed by atoms with Gasteiger partial charge in [-0.3, -0.25) is 0 Å². The lowest BCUT2D eigenvalue weighted by Crippen LogP contribution is -2.15. The van der Waals surface area contributed by atoms with Crippen molar-refractivity contribution in [3.8, 4) is 67.5 Å². The third-order valence-corrected chi connectivity index (χ3v) is 14.1. The molecular weight excluding hydrogens is 767 g/mol. The van der Waals surface area contributed by atoms with Crippen LogP contribution in [0.3, 0.4) is 0 Å². The molecule has 0 saturated heterocycles. The highest BCUT2D eigenvalue weighted by molar-refractivity contribution is 6.18. The highest BCUT2D eigenvalue weighted by Crippen LogP contribution is 2.55. The van der Waals surface area contributed by atoms with Crippen molar-refractivity contribution in [1.82, 2.24) is 15.0 Å². The molecule has 0 atom stereocenters. The first-order chi connectivity index (χ1) is 30.7. The first-order valence-electron chi connectivity index (χ1n) is 21.9. The third kappa shape index (κ3) is 5.12. The number of furan rings is 1. The average molecular weight is 808 g/mol. The number of benzene rings is 9. The van der Waals surface area contributed by atoms with Gasteiger partial charge in [0.1, 0.15) is 11.2 Å². The van der Waals surface area contributed by atoms with E-state index in [0.29, 0.717) is 17.5 Å². The zero-order valence-corrected chi connectivity index (χ0v) is 35.5. The van der Waals surface area contributed by atoms with Crippen LogP contribution in [0, 0.1) is 0 Å². The summed E-state index contributed by atoms with van der Waals surface area (Å²) in [5.74, 6) is 1.85. The molecule has 0 radical (unpaired) electrons. The van der Waals surface area contributed by atoms with Gasteiger partial charge in [0.05, 0.1) is 0 Å². The largest absolute Gasteiger partial charge is 0.455 e. The minimum atomic E-state index is -0.276. The number of hydrogen-bond acceptors (Lipinski definition) is 4. The van der Waals surface area contributed by atoms with E-state index in [-0.39, 0.29) is 10.8 Å². The Labute approximate surface area is 365 Å². The molecule has 0 spiro atoms.